The minimum atomic E-state index is -3.58. The molecule has 0 aliphatic carbocycles. The molecule has 30 heavy (non-hydrogen) atoms. The fraction of sp³-hybridized carbons (Fsp3) is 0.182. The number of benzene rings is 2. The lowest BCUT2D eigenvalue weighted by Gasteiger charge is -2.34. The Bertz CT molecular complexity index is 1130. The normalized spacial score (nSPS) is 15.1. The second kappa shape index (κ2) is 8.25. The number of piperazine rings is 1. The van der Waals surface area contributed by atoms with E-state index in [1.165, 1.54) is 4.31 Å². The SMILES string of the molecule is C=Cc1ccc(S(=O)(=O)N2CCN(C(=O)c3ccc(-n4ccnc4)cc3)CC2)cc1. The van der Waals surface area contributed by atoms with Crippen LogP contribution in [0.5, 0.6) is 0 Å². The van der Waals surface area contributed by atoms with Crippen molar-refractivity contribution in [2.75, 3.05) is 26.2 Å². The second-order valence-electron chi connectivity index (χ2n) is 6.99. The van der Waals surface area contributed by atoms with Crippen LogP contribution in [0.4, 0.5) is 0 Å². The van der Waals surface area contributed by atoms with Crippen molar-refractivity contribution in [2.45, 2.75) is 4.90 Å². The molecule has 0 spiro atoms. The summed E-state index contributed by atoms with van der Waals surface area (Å²) in [6.07, 6.45) is 6.89. The molecule has 1 aromatic heterocycles. The standard InChI is InChI=1S/C22H22N4O3S/c1-2-18-3-9-21(10-4-18)30(28,29)26-15-13-24(14-16-26)22(27)19-5-7-20(8-6-19)25-12-11-23-17-25/h2-12,17H,1,13-16H2. The van der Waals surface area contributed by atoms with Gasteiger partial charge < -0.3 is 9.47 Å². The van der Waals surface area contributed by atoms with Gasteiger partial charge >= 0.3 is 0 Å². The van der Waals surface area contributed by atoms with E-state index in [4.69, 9.17) is 0 Å². The Labute approximate surface area is 175 Å². The summed E-state index contributed by atoms with van der Waals surface area (Å²) in [7, 11) is -3.58. The van der Waals surface area contributed by atoms with Crippen molar-refractivity contribution in [2.24, 2.45) is 0 Å². The van der Waals surface area contributed by atoms with Crippen molar-refractivity contribution < 1.29 is 13.2 Å². The fourth-order valence-electron chi connectivity index (χ4n) is 3.43. The van der Waals surface area contributed by atoms with Gasteiger partial charge in [0.2, 0.25) is 10.0 Å². The topological polar surface area (TPSA) is 75.5 Å². The Balaban J connectivity index is 1.41. The first-order valence-corrected chi connectivity index (χ1v) is 11.0. The average Bonchev–Trinajstić information content (AvgIpc) is 3.34. The largest absolute Gasteiger partial charge is 0.336 e. The van der Waals surface area contributed by atoms with Crippen LogP contribution in [-0.2, 0) is 10.0 Å². The van der Waals surface area contributed by atoms with Gasteiger partial charge in [0.15, 0.2) is 0 Å². The predicted octanol–water partition coefficient (Wildman–Crippen LogP) is 2.66. The summed E-state index contributed by atoms with van der Waals surface area (Å²) in [5.74, 6) is -0.0976. The van der Waals surface area contributed by atoms with Crippen LogP contribution in [0, 0.1) is 0 Å². The molecule has 3 aromatic rings. The molecule has 7 nitrogen and oxygen atoms in total. The molecule has 1 fully saturated rings. The van der Waals surface area contributed by atoms with Crippen molar-refractivity contribution in [3.63, 3.8) is 0 Å². The lowest BCUT2D eigenvalue weighted by atomic mass is 10.1. The van der Waals surface area contributed by atoms with E-state index in [0.717, 1.165) is 11.3 Å². The van der Waals surface area contributed by atoms with Gasteiger partial charge in [-0.1, -0.05) is 24.8 Å². The minimum Gasteiger partial charge on any atom is -0.336 e. The summed E-state index contributed by atoms with van der Waals surface area (Å²) >= 11 is 0. The number of carbonyl (C=O) groups excluding carboxylic acids is 1. The summed E-state index contributed by atoms with van der Waals surface area (Å²) in [5.41, 5.74) is 2.36. The van der Waals surface area contributed by atoms with E-state index in [1.807, 2.05) is 22.9 Å². The maximum atomic E-state index is 12.9. The van der Waals surface area contributed by atoms with Crippen molar-refractivity contribution in [1.29, 1.82) is 0 Å². The molecule has 1 aliphatic heterocycles. The molecular formula is C22H22N4O3S. The van der Waals surface area contributed by atoms with Crippen LogP contribution in [-0.4, -0.2) is 59.3 Å². The highest BCUT2D eigenvalue weighted by molar-refractivity contribution is 7.89. The number of hydrogen-bond donors (Lipinski definition) is 0. The molecule has 0 bridgehead atoms. The molecule has 0 N–H and O–H groups in total. The Morgan fingerprint density at radius 3 is 2.20 bits per heavy atom. The summed E-state index contributed by atoms with van der Waals surface area (Å²) in [6, 6.07) is 13.9. The summed E-state index contributed by atoms with van der Waals surface area (Å²) in [5, 5.41) is 0. The monoisotopic (exact) mass is 422 g/mol. The van der Waals surface area contributed by atoms with E-state index < -0.39 is 10.0 Å². The third-order valence-corrected chi connectivity index (χ3v) is 7.11. The third kappa shape index (κ3) is 3.92. The summed E-state index contributed by atoms with van der Waals surface area (Å²) < 4.78 is 29.0. The van der Waals surface area contributed by atoms with E-state index in [2.05, 4.69) is 11.6 Å². The van der Waals surface area contributed by atoms with Crippen LogP contribution in [0.25, 0.3) is 11.8 Å². The van der Waals surface area contributed by atoms with E-state index in [1.54, 1.807) is 59.9 Å². The van der Waals surface area contributed by atoms with E-state index >= 15 is 0 Å². The van der Waals surface area contributed by atoms with Gasteiger partial charge in [-0.2, -0.15) is 4.31 Å². The molecule has 1 aliphatic rings. The van der Waals surface area contributed by atoms with Crippen molar-refractivity contribution in [3.8, 4) is 5.69 Å². The Hall–Kier alpha value is -3.23. The van der Waals surface area contributed by atoms with Crippen LogP contribution in [0.2, 0.25) is 0 Å². The lowest BCUT2D eigenvalue weighted by molar-refractivity contribution is 0.0698. The Morgan fingerprint density at radius 1 is 0.967 bits per heavy atom. The van der Waals surface area contributed by atoms with Gasteiger partial charge in [-0.3, -0.25) is 4.79 Å². The first-order chi connectivity index (χ1) is 14.5. The summed E-state index contributed by atoms with van der Waals surface area (Å²) in [4.78, 5) is 18.8. The molecule has 0 saturated carbocycles. The van der Waals surface area contributed by atoms with Crippen LogP contribution < -0.4 is 0 Å². The molecule has 8 heteroatoms. The quantitative estimate of drug-likeness (QED) is 0.634. The summed E-state index contributed by atoms with van der Waals surface area (Å²) in [6.45, 7) is 4.92. The van der Waals surface area contributed by atoms with Gasteiger partial charge in [0, 0.05) is 49.8 Å². The lowest BCUT2D eigenvalue weighted by Crippen LogP contribution is -2.50. The number of sulfonamides is 1. The van der Waals surface area contributed by atoms with Gasteiger partial charge in [-0.05, 0) is 42.0 Å². The molecule has 4 rings (SSSR count). The van der Waals surface area contributed by atoms with Crippen LogP contribution in [0.3, 0.4) is 0 Å². The van der Waals surface area contributed by atoms with Crippen LogP contribution >= 0.6 is 0 Å². The molecular weight excluding hydrogens is 400 g/mol. The maximum Gasteiger partial charge on any atom is 0.253 e. The average molecular weight is 423 g/mol. The van der Waals surface area contributed by atoms with E-state index in [-0.39, 0.29) is 23.9 Å². The molecule has 0 radical (unpaired) electrons. The first-order valence-electron chi connectivity index (χ1n) is 9.59. The number of aromatic nitrogens is 2. The van der Waals surface area contributed by atoms with Gasteiger partial charge in [0.1, 0.15) is 0 Å². The molecule has 1 amide bonds. The molecule has 0 atom stereocenters. The van der Waals surface area contributed by atoms with Gasteiger partial charge in [-0.15, -0.1) is 0 Å². The highest BCUT2D eigenvalue weighted by atomic mass is 32.2. The molecule has 154 valence electrons. The molecule has 2 heterocycles. The third-order valence-electron chi connectivity index (χ3n) is 5.20. The number of carbonyl (C=O) groups is 1. The van der Waals surface area contributed by atoms with Gasteiger partial charge in [0.25, 0.3) is 5.91 Å². The highest BCUT2D eigenvalue weighted by Crippen LogP contribution is 2.20. The first kappa shape index (κ1) is 20.1. The second-order valence-corrected chi connectivity index (χ2v) is 8.92. The smallest absolute Gasteiger partial charge is 0.253 e. The zero-order valence-electron chi connectivity index (χ0n) is 16.4. The van der Waals surface area contributed by atoms with Gasteiger partial charge in [0.05, 0.1) is 11.2 Å². The minimum absolute atomic E-state index is 0.0976. The zero-order chi connectivity index (χ0) is 21.1. The highest BCUT2D eigenvalue weighted by Gasteiger charge is 2.30. The maximum absolute atomic E-state index is 12.9. The van der Waals surface area contributed by atoms with Crippen LogP contribution in [0.1, 0.15) is 15.9 Å². The van der Waals surface area contributed by atoms with Crippen LogP contribution in [0.15, 0.2) is 78.7 Å². The number of amides is 1. The van der Waals surface area contributed by atoms with Crippen molar-refractivity contribution in [1.82, 2.24) is 18.8 Å². The molecule has 0 unspecified atom stereocenters. The number of imidazole rings is 1. The van der Waals surface area contributed by atoms with Gasteiger partial charge in [-0.25, -0.2) is 13.4 Å². The zero-order valence-corrected chi connectivity index (χ0v) is 17.2. The number of rotatable bonds is 5. The van der Waals surface area contributed by atoms with Crippen molar-refractivity contribution in [3.05, 3.63) is 85.0 Å². The fourth-order valence-corrected chi connectivity index (χ4v) is 4.85. The number of nitrogens with zero attached hydrogens (tertiary/aromatic N) is 4. The molecule has 2 aromatic carbocycles. The van der Waals surface area contributed by atoms with E-state index in [0.29, 0.717) is 18.7 Å². The Kier molecular flexibility index (Phi) is 5.52. The number of hydrogen-bond acceptors (Lipinski definition) is 4. The predicted molar refractivity (Wildman–Crippen MR) is 115 cm³/mol. The molecule has 1 saturated heterocycles. The van der Waals surface area contributed by atoms with Crippen molar-refractivity contribution >= 4 is 22.0 Å². The Morgan fingerprint density at radius 2 is 1.63 bits per heavy atom. The van der Waals surface area contributed by atoms with E-state index in [9.17, 15) is 13.2 Å².